The first kappa shape index (κ1) is 13.9. The Hall–Kier alpha value is -1.51. The van der Waals surface area contributed by atoms with Crippen molar-refractivity contribution < 1.29 is 12.8 Å². The van der Waals surface area contributed by atoms with Gasteiger partial charge in [0.15, 0.2) is 0 Å². The molecule has 0 amide bonds. The van der Waals surface area contributed by atoms with E-state index < -0.39 is 14.9 Å². The van der Waals surface area contributed by atoms with E-state index >= 15 is 0 Å². The van der Waals surface area contributed by atoms with Crippen molar-refractivity contribution in [2.75, 3.05) is 0 Å². The van der Waals surface area contributed by atoms with E-state index in [0.717, 1.165) is 0 Å². The summed E-state index contributed by atoms with van der Waals surface area (Å²) in [5.74, 6) is 5.16. The van der Waals surface area contributed by atoms with Gasteiger partial charge in [-0.25, -0.2) is 12.8 Å². The van der Waals surface area contributed by atoms with Gasteiger partial charge >= 0.3 is 0 Å². The molecule has 0 aliphatic carbocycles. The van der Waals surface area contributed by atoms with Gasteiger partial charge in [0.1, 0.15) is 10.7 Å². The Labute approximate surface area is 115 Å². The van der Waals surface area contributed by atoms with Crippen molar-refractivity contribution in [2.45, 2.75) is 24.8 Å². The molecular formula is C13H11ClFNO2S. The molecule has 0 saturated carbocycles. The Bertz CT molecular complexity index is 784. The van der Waals surface area contributed by atoms with Crippen LogP contribution in [-0.4, -0.2) is 13.0 Å². The summed E-state index contributed by atoms with van der Waals surface area (Å²) in [6.07, 6.45) is 2.00. The number of nitrogens with zero attached hydrogens (tertiary/aromatic N) is 1. The molecule has 0 atom stereocenters. The molecule has 1 heterocycles. The minimum atomic E-state index is -3.91. The van der Waals surface area contributed by atoms with Crippen LogP contribution in [0.5, 0.6) is 0 Å². The van der Waals surface area contributed by atoms with E-state index in [-0.39, 0.29) is 4.90 Å². The molecule has 0 radical (unpaired) electrons. The monoisotopic (exact) mass is 299 g/mol. The first-order valence-electron chi connectivity index (χ1n) is 5.56. The van der Waals surface area contributed by atoms with E-state index in [1.54, 1.807) is 11.5 Å². The summed E-state index contributed by atoms with van der Waals surface area (Å²) in [4.78, 5) is -0.0758. The van der Waals surface area contributed by atoms with Gasteiger partial charge in [-0.05, 0) is 25.1 Å². The second-order valence-corrected chi connectivity index (χ2v) is 6.50. The predicted octanol–water partition coefficient (Wildman–Crippen LogP) is 3.12. The number of hydrogen-bond donors (Lipinski definition) is 0. The number of benzene rings is 1. The topological polar surface area (TPSA) is 39.1 Å². The molecule has 0 aliphatic rings. The average Bonchev–Trinajstić information content (AvgIpc) is 2.67. The zero-order chi connectivity index (χ0) is 14.0. The van der Waals surface area contributed by atoms with Gasteiger partial charge in [0.05, 0.1) is 0 Å². The van der Waals surface area contributed by atoms with E-state index in [4.69, 9.17) is 10.7 Å². The molecule has 0 aliphatic heterocycles. The van der Waals surface area contributed by atoms with Gasteiger partial charge < -0.3 is 4.57 Å². The SMILES string of the molecule is CC#CCCn1cc(S(=O)(=O)Cl)c2cc(F)ccc21. The maximum absolute atomic E-state index is 13.3. The number of fused-ring (bicyclic) bond motifs is 1. The quantitative estimate of drug-likeness (QED) is 0.645. The number of rotatable bonds is 3. The molecular weight excluding hydrogens is 289 g/mol. The molecule has 0 spiro atoms. The largest absolute Gasteiger partial charge is 0.345 e. The molecule has 19 heavy (non-hydrogen) atoms. The second kappa shape index (κ2) is 5.24. The summed E-state index contributed by atoms with van der Waals surface area (Å²) in [6.45, 7) is 2.26. The van der Waals surface area contributed by atoms with Crippen LogP contribution in [-0.2, 0) is 15.6 Å². The van der Waals surface area contributed by atoms with Crippen LogP contribution in [0.1, 0.15) is 13.3 Å². The van der Waals surface area contributed by atoms with Gasteiger partial charge in [-0.1, -0.05) is 0 Å². The normalized spacial score (nSPS) is 11.3. The van der Waals surface area contributed by atoms with Crippen molar-refractivity contribution in [1.82, 2.24) is 4.57 Å². The van der Waals surface area contributed by atoms with Crippen molar-refractivity contribution in [3.05, 3.63) is 30.2 Å². The lowest BCUT2D eigenvalue weighted by Crippen LogP contribution is -1.95. The molecule has 3 nitrogen and oxygen atoms in total. The maximum Gasteiger partial charge on any atom is 0.263 e. The molecule has 2 aromatic rings. The maximum atomic E-state index is 13.3. The van der Waals surface area contributed by atoms with Gasteiger partial charge in [0.2, 0.25) is 0 Å². The highest BCUT2D eigenvalue weighted by Crippen LogP contribution is 2.28. The van der Waals surface area contributed by atoms with E-state index in [1.807, 2.05) is 0 Å². The highest BCUT2D eigenvalue weighted by Gasteiger charge is 2.19. The van der Waals surface area contributed by atoms with E-state index in [2.05, 4.69) is 11.8 Å². The summed E-state index contributed by atoms with van der Waals surface area (Å²) >= 11 is 0. The fourth-order valence-electron chi connectivity index (χ4n) is 1.92. The third-order valence-electron chi connectivity index (χ3n) is 2.72. The number of halogens is 2. The van der Waals surface area contributed by atoms with E-state index in [0.29, 0.717) is 23.9 Å². The van der Waals surface area contributed by atoms with Crippen molar-refractivity contribution in [1.29, 1.82) is 0 Å². The number of hydrogen-bond acceptors (Lipinski definition) is 2. The molecule has 0 saturated heterocycles. The molecule has 0 fully saturated rings. The van der Waals surface area contributed by atoms with Crippen molar-refractivity contribution >= 4 is 30.6 Å². The van der Waals surface area contributed by atoms with Crippen LogP contribution in [0.15, 0.2) is 29.3 Å². The van der Waals surface area contributed by atoms with Crippen LogP contribution in [0, 0.1) is 17.7 Å². The smallest absolute Gasteiger partial charge is 0.263 e. The third kappa shape index (κ3) is 2.91. The lowest BCUT2D eigenvalue weighted by Gasteiger charge is -2.01. The lowest BCUT2D eigenvalue weighted by atomic mass is 10.2. The molecule has 2 rings (SSSR count). The molecule has 100 valence electrons. The molecule has 0 N–H and O–H groups in total. The van der Waals surface area contributed by atoms with Gasteiger partial charge in [0, 0.05) is 40.7 Å². The minimum Gasteiger partial charge on any atom is -0.345 e. The number of aryl methyl sites for hydroxylation is 1. The lowest BCUT2D eigenvalue weighted by molar-refractivity contribution is 0.609. The Morgan fingerprint density at radius 3 is 2.79 bits per heavy atom. The highest BCUT2D eigenvalue weighted by atomic mass is 35.7. The highest BCUT2D eigenvalue weighted by molar-refractivity contribution is 8.14. The summed E-state index contributed by atoms with van der Waals surface area (Å²) < 4.78 is 38.0. The van der Waals surface area contributed by atoms with Crippen LogP contribution in [0.4, 0.5) is 4.39 Å². The first-order valence-corrected chi connectivity index (χ1v) is 7.87. The molecule has 6 heteroatoms. The zero-order valence-corrected chi connectivity index (χ0v) is 11.7. The third-order valence-corrected chi connectivity index (χ3v) is 4.07. The van der Waals surface area contributed by atoms with Crippen molar-refractivity contribution in [3.63, 3.8) is 0 Å². The predicted molar refractivity (Wildman–Crippen MR) is 73.0 cm³/mol. The van der Waals surface area contributed by atoms with Crippen molar-refractivity contribution in [2.24, 2.45) is 0 Å². The van der Waals surface area contributed by atoms with Gasteiger partial charge in [-0.3, -0.25) is 0 Å². The van der Waals surface area contributed by atoms with Crippen LogP contribution in [0.3, 0.4) is 0 Å². The van der Waals surface area contributed by atoms with E-state index in [9.17, 15) is 12.8 Å². The Kier molecular flexibility index (Phi) is 3.83. The van der Waals surface area contributed by atoms with Crippen LogP contribution < -0.4 is 0 Å². The first-order chi connectivity index (χ1) is 8.93. The van der Waals surface area contributed by atoms with Gasteiger partial charge in [-0.15, -0.1) is 11.8 Å². The Morgan fingerprint density at radius 1 is 1.42 bits per heavy atom. The molecule has 1 aromatic heterocycles. The Morgan fingerprint density at radius 2 is 2.16 bits per heavy atom. The van der Waals surface area contributed by atoms with Crippen LogP contribution >= 0.6 is 10.7 Å². The molecule has 0 bridgehead atoms. The summed E-state index contributed by atoms with van der Waals surface area (Å²) in [5, 5.41) is 0.291. The fraction of sp³-hybridized carbons (Fsp3) is 0.231. The summed E-state index contributed by atoms with van der Waals surface area (Å²) in [5.41, 5.74) is 0.624. The van der Waals surface area contributed by atoms with Crippen molar-refractivity contribution in [3.8, 4) is 11.8 Å². The molecule has 1 aromatic carbocycles. The van der Waals surface area contributed by atoms with Gasteiger partial charge in [0.25, 0.3) is 9.05 Å². The fourth-order valence-corrected chi connectivity index (χ4v) is 2.97. The summed E-state index contributed by atoms with van der Waals surface area (Å²) in [7, 11) is 1.47. The summed E-state index contributed by atoms with van der Waals surface area (Å²) in [6, 6.07) is 4.00. The minimum absolute atomic E-state index is 0.0758. The standard InChI is InChI=1S/C13H11ClFNO2S/c1-2-3-4-7-16-9-13(19(14,17)18)11-8-10(15)5-6-12(11)16/h5-6,8-9H,4,7H2,1H3. The molecule has 0 unspecified atom stereocenters. The zero-order valence-electron chi connectivity index (χ0n) is 10.2. The number of aromatic nitrogens is 1. The van der Waals surface area contributed by atoms with Gasteiger partial charge in [-0.2, -0.15) is 0 Å². The second-order valence-electron chi connectivity index (χ2n) is 3.96. The average molecular weight is 300 g/mol. The van der Waals surface area contributed by atoms with E-state index in [1.165, 1.54) is 24.4 Å². The Balaban J connectivity index is 2.62. The van der Waals surface area contributed by atoms with Crippen LogP contribution in [0.25, 0.3) is 10.9 Å². The van der Waals surface area contributed by atoms with Crippen LogP contribution in [0.2, 0.25) is 0 Å².